The van der Waals surface area contributed by atoms with Crippen molar-refractivity contribution in [2.75, 3.05) is 13.4 Å². The van der Waals surface area contributed by atoms with E-state index in [0.717, 1.165) is 28.7 Å². The minimum atomic E-state index is -3.55. The Bertz CT molecular complexity index is 1260. The van der Waals surface area contributed by atoms with Crippen molar-refractivity contribution in [2.45, 2.75) is 5.16 Å². The van der Waals surface area contributed by atoms with Gasteiger partial charge in [0.1, 0.15) is 5.75 Å². The number of halogens is 1. The number of rotatable bonds is 4. The van der Waals surface area contributed by atoms with Gasteiger partial charge in [-0.1, -0.05) is 36.4 Å². The maximum atomic E-state index is 12.2. The molecule has 0 spiro atoms. The smallest absolute Gasteiger partial charge is 0.249 e. The highest BCUT2D eigenvalue weighted by atomic mass is 79.9. The Morgan fingerprint density at radius 3 is 2.11 bits per heavy atom. The Morgan fingerprint density at radius 1 is 0.964 bits per heavy atom. The molecule has 0 saturated carbocycles. The van der Waals surface area contributed by atoms with Gasteiger partial charge in [0.25, 0.3) is 0 Å². The Labute approximate surface area is 170 Å². The lowest BCUT2D eigenvalue weighted by Gasteiger charge is -2.08. The van der Waals surface area contributed by atoms with E-state index in [4.69, 9.17) is 4.74 Å². The van der Waals surface area contributed by atoms with E-state index in [2.05, 4.69) is 26.0 Å². The van der Waals surface area contributed by atoms with Gasteiger partial charge in [-0.25, -0.2) is 17.9 Å². The van der Waals surface area contributed by atoms with Gasteiger partial charge in [-0.3, -0.25) is 0 Å². The van der Waals surface area contributed by atoms with Crippen LogP contribution in [0.3, 0.4) is 0 Å². The van der Waals surface area contributed by atoms with Crippen LogP contribution < -0.4 is 4.74 Å². The predicted octanol–water partition coefficient (Wildman–Crippen LogP) is 4.24. The Balaban J connectivity index is 1.78. The van der Waals surface area contributed by atoms with Gasteiger partial charge in [-0.05, 0) is 45.3 Å². The molecule has 0 fully saturated rings. The molecule has 8 heteroatoms. The summed E-state index contributed by atoms with van der Waals surface area (Å²) in [4.78, 5) is 4.36. The van der Waals surface area contributed by atoms with Crippen LogP contribution in [0.2, 0.25) is 0 Å². The van der Waals surface area contributed by atoms with Gasteiger partial charge in [0.2, 0.25) is 15.0 Å². The molecule has 6 nitrogen and oxygen atoms in total. The van der Waals surface area contributed by atoms with Crippen LogP contribution in [0.1, 0.15) is 0 Å². The number of aromatic nitrogens is 3. The zero-order valence-corrected chi connectivity index (χ0v) is 17.5. The van der Waals surface area contributed by atoms with Crippen LogP contribution in [-0.2, 0) is 9.84 Å². The fraction of sp³-hybridized carbons (Fsp3) is 0.100. The molecule has 2 heterocycles. The van der Waals surface area contributed by atoms with Crippen molar-refractivity contribution in [1.29, 1.82) is 0 Å². The van der Waals surface area contributed by atoms with Gasteiger partial charge in [0.05, 0.1) is 29.0 Å². The Morgan fingerprint density at radius 2 is 1.54 bits per heavy atom. The van der Waals surface area contributed by atoms with Crippen LogP contribution in [0.15, 0.2) is 70.4 Å². The monoisotopic (exact) mass is 457 g/mol. The third kappa shape index (κ3) is 3.41. The van der Waals surface area contributed by atoms with Crippen molar-refractivity contribution < 1.29 is 13.2 Å². The topological polar surface area (TPSA) is 73.6 Å². The normalized spacial score (nSPS) is 11.7. The lowest BCUT2D eigenvalue weighted by molar-refractivity contribution is 0.415. The number of ether oxygens (including phenoxy) is 1. The van der Waals surface area contributed by atoms with Crippen molar-refractivity contribution in [3.8, 4) is 28.1 Å². The number of sulfone groups is 1. The maximum absolute atomic E-state index is 12.2. The van der Waals surface area contributed by atoms with Crippen LogP contribution in [0.4, 0.5) is 0 Å². The first-order valence-electron chi connectivity index (χ1n) is 8.36. The molecule has 4 rings (SSSR count). The molecule has 0 bridgehead atoms. The van der Waals surface area contributed by atoms with E-state index in [1.807, 2.05) is 54.6 Å². The van der Waals surface area contributed by atoms with E-state index in [1.54, 1.807) is 13.3 Å². The number of benzene rings is 2. The van der Waals surface area contributed by atoms with Gasteiger partial charge in [0.15, 0.2) is 0 Å². The molecule has 0 saturated heterocycles. The summed E-state index contributed by atoms with van der Waals surface area (Å²) >= 11 is 3.41. The summed E-state index contributed by atoms with van der Waals surface area (Å²) < 4.78 is 31.6. The van der Waals surface area contributed by atoms with E-state index in [1.165, 1.54) is 4.52 Å². The largest absolute Gasteiger partial charge is 0.497 e. The third-order valence-corrected chi connectivity index (χ3v) is 5.90. The number of hydrogen-bond donors (Lipinski definition) is 0. The molecular weight excluding hydrogens is 442 g/mol. The highest BCUT2D eigenvalue weighted by Crippen LogP contribution is 2.28. The molecule has 2 aromatic carbocycles. The zero-order valence-electron chi connectivity index (χ0n) is 15.1. The lowest BCUT2D eigenvalue weighted by atomic mass is 10.0. The molecule has 0 amide bonds. The van der Waals surface area contributed by atoms with Crippen LogP contribution in [0.25, 0.3) is 27.9 Å². The molecular formula is C20H16BrN3O3S. The summed E-state index contributed by atoms with van der Waals surface area (Å²) in [6.07, 6.45) is 2.68. The van der Waals surface area contributed by atoms with E-state index in [-0.39, 0.29) is 5.16 Å². The second-order valence-corrected chi connectivity index (χ2v) is 9.06. The van der Waals surface area contributed by atoms with Gasteiger partial charge in [-0.15, -0.1) is 0 Å². The first kappa shape index (κ1) is 18.6. The zero-order chi connectivity index (χ0) is 19.9. The number of hydrogen-bond acceptors (Lipinski definition) is 5. The van der Waals surface area contributed by atoms with E-state index in [0.29, 0.717) is 15.7 Å². The number of fused-ring (bicyclic) bond motifs is 1. The van der Waals surface area contributed by atoms with Crippen molar-refractivity contribution in [2.24, 2.45) is 0 Å². The highest BCUT2D eigenvalue weighted by molar-refractivity contribution is 9.10. The fourth-order valence-electron chi connectivity index (χ4n) is 2.94. The van der Waals surface area contributed by atoms with E-state index < -0.39 is 9.84 Å². The minimum absolute atomic E-state index is 0.0927. The molecule has 0 aliphatic carbocycles. The molecule has 0 N–H and O–H groups in total. The molecule has 0 radical (unpaired) electrons. The molecule has 0 atom stereocenters. The second kappa shape index (κ2) is 7.03. The molecule has 0 aliphatic heterocycles. The third-order valence-electron chi connectivity index (χ3n) is 4.37. The molecule has 4 aromatic rings. The van der Waals surface area contributed by atoms with Gasteiger partial charge < -0.3 is 4.74 Å². The molecule has 0 aliphatic rings. The first-order chi connectivity index (χ1) is 13.4. The van der Waals surface area contributed by atoms with Crippen molar-refractivity contribution in [3.63, 3.8) is 0 Å². The fourth-order valence-corrected chi connectivity index (χ4v) is 4.04. The van der Waals surface area contributed by atoms with Gasteiger partial charge in [-0.2, -0.15) is 5.10 Å². The van der Waals surface area contributed by atoms with Crippen molar-refractivity contribution in [3.05, 3.63) is 65.3 Å². The van der Waals surface area contributed by atoms with E-state index >= 15 is 0 Å². The average molecular weight is 458 g/mol. The Kier molecular flexibility index (Phi) is 4.68. The lowest BCUT2D eigenvalue weighted by Crippen LogP contribution is -2.09. The van der Waals surface area contributed by atoms with Crippen molar-refractivity contribution in [1.82, 2.24) is 14.6 Å². The molecule has 142 valence electrons. The van der Waals surface area contributed by atoms with Gasteiger partial charge in [0, 0.05) is 11.8 Å². The quantitative estimate of drug-likeness (QED) is 0.428. The van der Waals surface area contributed by atoms with Crippen molar-refractivity contribution >= 4 is 31.3 Å². The SMILES string of the molecule is COc1ccc(-c2ccc(-c3cc4c(Br)cnn4c(S(C)(=O)=O)n3)cc2)cc1. The van der Waals surface area contributed by atoms with E-state index in [9.17, 15) is 8.42 Å². The van der Waals surface area contributed by atoms with Crippen LogP contribution in [0.5, 0.6) is 5.75 Å². The van der Waals surface area contributed by atoms with Crippen LogP contribution in [0, 0.1) is 0 Å². The summed E-state index contributed by atoms with van der Waals surface area (Å²) in [5.41, 5.74) is 4.13. The highest BCUT2D eigenvalue weighted by Gasteiger charge is 2.19. The summed E-state index contributed by atoms with van der Waals surface area (Å²) in [6, 6.07) is 17.4. The summed E-state index contributed by atoms with van der Waals surface area (Å²) in [6.45, 7) is 0. The minimum Gasteiger partial charge on any atom is -0.497 e. The Hall–Kier alpha value is -2.71. The van der Waals surface area contributed by atoms with Gasteiger partial charge >= 0.3 is 0 Å². The summed E-state index contributed by atoms with van der Waals surface area (Å²) in [5.74, 6) is 0.803. The molecule has 28 heavy (non-hydrogen) atoms. The second-order valence-electron chi connectivity index (χ2n) is 6.29. The van der Waals surface area contributed by atoms with Crippen LogP contribution >= 0.6 is 15.9 Å². The average Bonchev–Trinajstić information content (AvgIpc) is 3.07. The van der Waals surface area contributed by atoms with Crippen LogP contribution in [-0.4, -0.2) is 36.4 Å². The molecule has 0 unspecified atom stereocenters. The first-order valence-corrected chi connectivity index (χ1v) is 11.0. The number of nitrogens with zero attached hydrogens (tertiary/aromatic N) is 3. The number of methoxy groups -OCH3 is 1. The summed E-state index contributed by atoms with van der Waals surface area (Å²) in [5, 5.41) is 4.01. The standard InChI is InChI=1S/C20H16BrN3O3S/c1-27-16-9-7-14(8-10-16)13-3-5-15(6-4-13)18-11-19-17(21)12-22-24(19)20(23-18)28(2,25)26/h3-12H,1-2H3. The molecule has 2 aromatic heterocycles. The maximum Gasteiger partial charge on any atom is 0.249 e. The predicted molar refractivity (Wildman–Crippen MR) is 111 cm³/mol. The summed E-state index contributed by atoms with van der Waals surface area (Å²) in [7, 11) is -1.91.